The molecular formula is C15H21N5O2S. The summed E-state index contributed by atoms with van der Waals surface area (Å²) >= 11 is 1.68. The second-order valence-corrected chi connectivity index (χ2v) is 6.77. The van der Waals surface area contributed by atoms with Crippen molar-refractivity contribution in [2.45, 2.75) is 26.8 Å². The number of piperazine rings is 1. The number of carbonyl (C=O) groups excluding carboxylic acids is 1. The van der Waals surface area contributed by atoms with Gasteiger partial charge in [0.1, 0.15) is 0 Å². The number of nitrogens with one attached hydrogen (secondary N) is 1. The lowest BCUT2D eigenvalue weighted by Gasteiger charge is -2.39. The maximum Gasteiger partial charge on any atom is 0.240 e. The van der Waals surface area contributed by atoms with Crippen molar-refractivity contribution < 1.29 is 9.32 Å². The van der Waals surface area contributed by atoms with Gasteiger partial charge in [-0.1, -0.05) is 5.16 Å². The van der Waals surface area contributed by atoms with Gasteiger partial charge in [-0.05, 0) is 20.8 Å². The highest BCUT2D eigenvalue weighted by Crippen LogP contribution is 2.24. The quantitative estimate of drug-likeness (QED) is 0.920. The average Bonchev–Trinajstić information content (AvgIpc) is 3.08. The molecule has 1 N–H and O–H groups in total. The molecule has 0 saturated carbocycles. The first kappa shape index (κ1) is 15.9. The Bertz CT molecular complexity index is 683. The van der Waals surface area contributed by atoms with Gasteiger partial charge in [-0.15, -0.1) is 11.3 Å². The van der Waals surface area contributed by atoms with Crippen molar-refractivity contribution in [2.24, 2.45) is 0 Å². The molecular weight excluding hydrogens is 314 g/mol. The van der Waals surface area contributed by atoms with Crippen LogP contribution in [-0.2, 0) is 4.79 Å². The fourth-order valence-corrected chi connectivity index (χ4v) is 3.67. The number of hydrogen-bond acceptors (Lipinski definition) is 7. The second-order valence-electron chi connectivity index (χ2n) is 5.93. The molecule has 1 fully saturated rings. The van der Waals surface area contributed by atoms with Crippen LogP contribution in [0.3, 0.4) is 0 Å². The van der Waals surface area contributed by atoms with Crippen LogP contribution in [0.5, 0.6) is 0 Å². The van der Waals surface area contributed by atoms with E-state index < -0.39 is 0 Å². The first-order chi connectivity index (χ1) is 11.0. The summed E-state index contributed by atoms with van der Waals surface area (Å²) in [5.41, 5.74) is 1.81. The number of anilines is 2. The number of aromatic nitrogens is 2. The molecule has 1 atom stereocenters. The molecule has 0 bridgehead atoms. The van der Waals surface area contributed by atoms with Crippen LogP contribution in [-0.4, -0.2) is 53.2 Å². The van der Waals surface area contributed by atoms with E-state index in [1.54, 1.807) is 17.4 Å². The number of rotatable bonds is 4. The average molecular weight is 335 g/mol. The molecule has 3 heterocycles. The zero-order valence-corrected chi connectivity index (χ0v) is 14.4. The smallest absolute Gasteiger partial charge is 0.240 e. The molecule has 0 aliphatic carbocycles. The number of nitrogens with zero attached hydrogens (tertiary/aromatic N) is 4. The SMILES string of the molecule is Cc1cc(NC(=O)CN2CCN(c3nc(C)cs3)C(C)C2)on1. The van der Waals surface area contributed by atoms with E-state index in [2.05, 4.69) is 37.6 Å². The summed E-state index contributed by atoms with van der Waals surface area (Å²) in [4.78, 5) is 21.1. The molecule has 124 valence electrons. The molecule has 0 spiro atoms. The van der Waals surface area contributed by atoms with Crippen molar-refractivity contribution in [2.75, 3.05) is 36.4 Å². The van der Waals surface area contributed by atoms with Crippen LogP contribution in [0.25, 0.3) is 0 Å². The molecule has 1 aliphatic rings. The maximum atomic E-state index is 12.1. The predicted molar refractivity (Wildman–Crippen MR) is 90.0 cm³/mol. The molecule has 7 nitrogen and oxygen atoms in total. The Morgan fingerprint density at radius 1 is 1.43 bits per heavy atom. The summed E-state index contributed by atoms with van der Waals surface area (Å²) in [5, 5.41) is 9.63. The monoisotopic (exact) mass is 335 g/mol. The Kier molecular flexibility index (Phi) is 4.63. The Morgan fingerprint density at radius 3 is 2.87 bits per heavy atom. The molecule has 1 aliphatic heterocycles. The molecule has 2 aromatic heterocycles. The summed E-state index contributed by atoms with van der Waals surface area (Å²) < 4.78 is 5.01. The summed E-state index contributed by atoms with van der Waals surface area (Å²) in [6.07, 6.45) is 0. The number of carbonyl (C=O) groups is 1. The molecule has 1 amide bonds. The molecule has 0 radical (unpaired) electrons. The highest BCUT2D eigenvalue weighted by molar-refractivity contribution is 7.13. The van der Waals surface area contributed by atoms with Crippen molar-refractivity contribution in [3.05, 3.63) is 22.8 Å². The van der Waals surface area contributed by atoms with E-state index in [4.69, 9.17) is 4.52 Å². The van der Waals surface area contributed by atoms with E-state index >= 15 is 0 Å². The van der Waals surface area contributed by atoms with Crippen LogP contribution in [0.2, 0.25) is 0 Å². The molecule has 3 rings (SSSR count). The van der Waals surface area contributed by atoms with Gasteiger partial charge in [0.2, 0.25) is 11.8 Å². The summed E-state index contributed by atoms with van der Waals surface area (Å²) in [6, 6.07) is 2.04. The van der Waals surface area contributed by atoms with Crippen LogP contribution < -0.4 is 10.2 Å². The van der Waals surface area contributed by atoms with Crippen molar-refractivity contribution in [3.63, 3.8) is 0 Å². The van der Waals surface area contributed by atoms with Gasteiger partial charge in [0.25, 0.3) is 0 Å². The summed E-state index contributed by atoms with van der Waals surface area (Å²) in [5.74, 6) is 0.323. The van der Waals surface area contributed by atoms with Gasteiger partial charge in [0.05, 0.1) is 17.9 Å². The Labute approximate surface area is 139 Å². The number of amides is 1. The van der Waals surface area contributed by atoms with E-state index in [-0.39, 0.29) is 5.91 Å². The Morgan fingerprint density at radius 2 is 2.26 bits per heavy atom. The highest BCUT2D eigenvalue weighted by atomic mass is 32.1. The van der Waals surface area contributed by atoms with Gasteiger partial charge in [0, 0.05) is 37.1 Å². The van der Waals surface area contributed by atoms with E-state index in [0.29, 0.717) is 18.5 Å². The Hall–Kier alpha value is -1.93. The number of thiazole rings is 1. The molecule has 1 saturated heterocycles. The lowest BCUT2D eigenvalue weighted by atomic mass is 10.2. The fraction of sp³-hybridized carbons (Fsp3) is 0.533. The van der Waals surface area contributed by atoms with Crippen molar-refractivity contribution in [1.82, 2.24) is 15.0 Å². The first-order valence-corrected chi connectivity index (χ1v) is 8.53. The predicted octanol–water partition coefficient (Wildman–Crippen LogP) is 1.90. The van der Waals surface area contributed by atoms with E-state index in [1.807, 2.05) is 13.8 Å². The van der Waals surface area contributed by atoms with Crippen molar-refractivity contribution in [3.8, 4) is 0 Å². The largest absolute Gasteiger partial charge is 0.343 e. The zero-order valence-electron chi connectivity index (χ0n) is 13.6. The van der Waals surface area contributed by atoms with Crippen LogP contribution in [0, 0.1) is 13.8 Å². The Balaban J connectivity index is 1.52. The summed E-state index contributed by atoms with van der Waals surface area (Å²) in [6.45, 7) is 8.91. The molecule has 23 heavy (non-hydrogen) atoms. The van der Waals surface area contributed by atoms with E-state index in [9.17, 15) is 4.79 Å². The minimum Gasteiger partial charge on any atom is -0.343 e. The van der Waals surface area contributed by atoms with Gasteiger partial charge in [-0.25, -0.2) is 4.98 Å². The van der Waals surface area contributed by atoms with Gasteiger partial charge in [0.15, 0.2) is 5.13 Å². The minimum atomic E-state index is -0.0770. The van der Waals surface area contributed by atoms with E-state index in [0.717, 1.165) is 36.2 Å². The van der Waals surface area contributed by atoms with Gasteiger partial charge < -0.3 is 9.42 Å². The van der Waals surface area contributed by atoms with Crippen LogP contribution in [0.4, 0.5) is 11.0 Å². The standard InChI is InChI=1S/C15H21N5O2S/c1-10-6-14(22-18-10)17-13(21)8-19-4-5-20(12(3)7-19)15-16-11(2)9-23-15/h6,9,12H,4-5,7-8H2,1-3H3,(H,17,21). The molecule has 0 aromatic carbocycles. The second kappa shape index (κ2) is 6.67. The lowest BCUT2D eigenvalue weighted by Crippen LogP contribution is -2.53. The van der Waals surface area contributed by atoms with Gasteiger partial charge >= 0.3 is 0 Å². The van der Waals surface area contributed by atoms with Crippen molar-refractivity contribution in [1.29, 1.82) is 0 Å². The van der Waals surface area contributed by atoms with Gasteiger partial charge in [-0.2, -0.15) is 0 Å². The zero-order chi connectivity index (χ0) is 16.4. The minimum absolute atomic E-state index is 0.0770. The highest BCUT2D eigenvalue weighted by Gasteiger charge is 2.26. The van der Waals surface area contributed by atoms with Crippen molar-refractivity contribution >= 4 is 28.3 Å². The third-order valence-corrected chi connectivity index (χ3v) is 4.82. The first-order valence-electron chi connectivity index (χ1n) is 7.65. The number of hydrogen-bond donors (Lipinski definition) is 1. The fourth-order valence-electron chi connectivity index (χ4n) is 2.74. The normalized spacial score (nSPS) is 19.1. The van der Waals surface area contributed by atoms with Crippen LogP contribution in [0.1, 0.15) is 18.3 Å². The van der Waals surface area contributed by atoms with Crippen LogP contribution in [0.15, 0.2) is 16.0 Å². The molecule has 2 aromatic rings. The van der Waals surface area contributed by atoms with E-state index in [1.165, 1.54) is 0 Å². The summed E-state index contributed by atoms with van der Waals surface area (Å²) in [7, 11) is 0. The van der Waals surface area contributed by atoms with Crippen LogP contribution >= 0.6 is 11.3 Å². The third kappa shape index (κ3) is 3.89. The lowest BCUT2D eigenvalue weighted by molar-refractivity contribution is -0.117. The topological polar surface area (TPSA) is 74.5 Å². The van der Waals surface area contributed by atoms with Gasteiger partial charge in [-0.3, -0.25) is 15.0 Å². The third-order valence-electron chi connectivity index (χ3n) is 3.82. The maximum absolute atomic E-state index is 12.1. The molecule has 8 heteroatoms. The number of aryl methyl sites for hydroxylation is 2. The molecule has 1 unspecified atom stereocenters.